The molecule has 0 radical (unpaired) electrons. The molecule has 2 aliphatic rings. The molecule has 0 bridgehead atoms. The molecule has 2 atom stereocenters. The quantitative estimate of drug-likeness (QED) is 0.773. The van der Waals surface area contributed by atoms with Crippen LogP contribution in [0.2, 0.25) is 0 Å². The third-order valence-corrected chi connectivity index (χ3v) is 4.30. The summed E-state index contributed by atoms with van der Waals surface area (Å²) in [6.45, 7) is 7.38. The number of carbonyl (C=O) groups is 2. The van der Waals surface area contributed by atoms with Gasteiger partial charge in [-0.3, -0.25) is 9.59 Å². The summed E-state index contributed by atoms with van der Waals surface area (Å²) in [4.78, 5) is 26.0. The molecule has 0 aromatic carbocycles. The summed E-state index contributed by atoms with van der Waals surface area (Å²) in [7, 11) is 2.09. The van der Waals surface area contributed by atoms with Crippen LogP contribution in [0.25, 0.3) is 0 Å². The number of hydrogen-bond acceptors (Lipinski definition) is 3. The molecule has 1 saturated carbocycles. The highest BCUT2D eigenvalue weighted by Crippen LogP contribution is 2.52. The Morgan fingerprint density at radius 1 is 1.21 bits per heavy atom. The number of rotatable bonds is 4. The van der Waals surface area contributed by atoms with E-state index in [1.54, 1.807) is 6.92 Å². The fourth-order valence-electron chi connectivity index (χ4n) is 2.83. The van der Waals surface area contributed by atoms with Gasteiger partial charge in [0.05, 0.1) is 0 Å². The Hall–Kier alpha value is -1.10. The Bertz CT molecular complexity index is 377. The van der Waals surface area contributed by atoms with E-state index in [2.05, 4.69) is 22.6 Å². The number of amides is 2. The molecule has 5 heteroatoms. The van der Waals surface area contributed by atoms with Gasteiger partial charge in [-0.1, -0.05) is 13.8 Å². The second-order valence-electron chi connectivity index (χ2n) is 6.51. The molecule has 5 nitrogen and oxygen atoms in total. The van der Waals surface area contributed by atoms with Gasteiger partial charge in [-0.25, -0.2) is 0 Å². The van der Waals surface area contributed by atoms with Gasteiger partial charge in [0.2, 0.25) is 11.8 Å². The zero-order chi connectivity index (χ0) is 14.2. The van der Waals surface area contributed by atoms with Gasteiger partial charge in [-0.2, -0.15) is 0 Å². The van der Waals surface area contributed by atoms with Gasteiger partial charge >= 0.3 is 0 Å². The van der Waals surface area contributed by atoms with Crippen LogP contribution in [0.5, 0.6) is 0 Å². The van der Waals surface area contributed by atoms with Crippen molar-refractivity contribution < 1.29 is 9.59 Å². The lowest BCUT2D eigenvalue weighted by atomic mass is 10.0. The van der Waals surface area contributed by atoms with E-state index in [4.69, 9.17) is 0 Å². The minimum absolute atomic E-state index is 0.0689. The third kappa shape index (κ3) is 3.08. The van der Waals surface area contributed by atoms with Gasteiger partial charge < -0.3 is 15.5 Å². The number of carbonyl (C=O) groups excluding carboxylic acids is 2. The van der Waals surface area contributed by atoms with Crippen LogP contribution in [0.3, 0.4) is 0 Å². The van der Waals surface area contributed by atoms with Crippen molar-refractivity contribution in [3.63, 3.8) is 0 Å². The van der Waals surface area contributed by atoms with E-state index in [1.807, 2.05) is 13.8 Å². The molecule has 1 heterocycles. The van der Waals surface area contributed by atoms with Gasteiger partial charge in [-0.05, 0) is 26.8 Å². The maximum Gasteiger partial charge on any atom is 0.242 e. The Kier molecular flexibility index (Phi) is 3.85. The Labute approximate surface area is 115 Å². The Morgan fingerprint density at radius 2 is 1.84 bits per heavy atom. The van der Waals surface area contributed by atoms with Crippen molar-refractivity contribution in [2.45, 2.75) is 45.7 Å². The van der Waals surface area contributed by atoms with Gasteiger partial charge in [-0.15, -0.1) is 0 Å². The van der Waals surface area contributed by atoms with E-state index in [0.29, 0.717) is 5.41 Å². The normalized spacial score (nSPS) is 26.5. The number of hydrogen-bond donors (Lipinski definition) is 2. The molecule has 1 aliphatic carbocycles. The zero-order valence-corrected chi connectivity index (χ0v) is 12.3. The molecular formula is C14H25N3O2. The molecule has 2 rings (SSSR count). The molecule has 2 N–H and O–H groups in total. The fourth-order valence-corrected chi connectivity index (χ4v) is 2.83. The Balaban J connectivity index is 1.85. The van der Waals surface area contributed by atoms with E-state index in [-0.39, 0.29) is 23.8 Å². The molecular weight excluding hydrogens is 242 g/mol. The number of likely N-dealkylation sites (N-methyl/N-ethyl adjacent to an activating group) is 1. The maximum atomic E-state index is 12.1. The standard InChI is InChI=1S/C14H25N3O2/c1-9(2)12(18)15-10(3)13(19)16-11-7-17(4)8-14(11)5-6-14/h9-11H,5-8H2,1-4H3,(H,15,18)(H,16,19)/t10-,11-/m0/s1. The first kappa shape index (κ1) is 14.3. The third-order valence-electron chi connectivity index (χ3n) is 4.30. The summed E-state index contributed by atoms with van der Waals surface area (Å²) in [6, 6.07) is -0.222. The van der Waals surface area contributed by atoms with Crippen LogP contribution >= 0.6 is 0 Å². The molecule has 2 fully saturated rings. The summed E-state index contributed by atoms with van der Waals surface area (Å²) < 4.78 is 0. The fraction of sp³-hybridized carbons (Fsp3) is 0.857. The van der Waals surface area contributed by atoms with Gasteiger partial charge in [0, 0.05) is 30.5 Å². The van der Waals surface area contributed by atoms with E-state index in [1.165, 1.54) is 12.8 Å². The smallest absolute Gasteiger partial charge is 0.242 e. The van der Waals surface area contributed by atoms with Crippen molar-refractivity contribution in [1.82, 2.24) is 15.5 Å². The van der Waals surface area contributed by atoms with Crippen LogP contribution in [-0.2, 0) is 9.59 Å². The predicted octanol–water partition coefficient (Wildman–Crippen LogP) is 0.358. The minimum Gasteiger partial charge on any atom is -0.350 e. The Morgan fingerprint density at radius 3 is 2.37 bits per heavy atom. The van der Waals surface area contributed by atoms with Crippen LogP contribution in [0.15, 0.2) is 0 Å². The highest BCUT2D eigenvalue weighted by Gasteiger charge is 2.54. The van der Waals surface area contributed by atoms with E-state index in [0.717, 1.165) is 13.1 Å². The highest BCUT2D eigenvalue weighted by molar-refractivity contribution is 5.88. The monoisotopic (exact) mass is 267 g/mol. The van der Waals surface area contributed by atoms with Crippen LogP contribution in [0.1, 0.15) is 33.6 Å². The lowest BCUT2D eigenvalue weighted by Crippen LogP contribution is -2.51. The zero-order valence-electron chi connectivity index (χ0n) is 12.3. The second kappa shape index (κ2) is 5.12. The first-order valence-electron chi connectivity index (χ1n) is 7.13. The molecule has 108 valence electrons. The number of nitrogens with zero attached hydrogens (tertiary/aromatic N) is 1. The van der Waals surface area contributed by atoms with Crippen molar-refractivity contribution >= 4 is 11.8 Å². The predicted molar refractivity (Wildman–Crippen MR) is 73.5 cm³/mol. The van der Waals surface area contributed by atoms with Gasteiger partial charge in [0.15, 0.2) is 0 Å². The first-order chi connectivity index (χ1) is 8.84. The number of likely N-dealkylation sites (tertiary alicyclic amines) is 1. The molecule has 1 spiro atoms. The summed E-state index contributed by atoms with van der Waals surface area (Å²) >= 11 is 0. The van der Waals surface area contributed by atoms with Gasteiger partial charge in [0.25, 0.3) is 0 Å². The summed E-state index contributed by atoms with van der Waals surface area (Å²) in [5.74, 6) is -0.240. The van der Waals surface area contributed by atoms with E-state index in [9.17, 15) is 9.59 Å². The largest absolute Gasteiger partial charge is 0.350 e. The van der Waals surface area contributed by atoms with Gasteiger partial charge in [0.1, 0.15) is 6.04 Å². The van der Waals surface area contributed by atoms with Crippen LogP contribution in [0.4, 0.5) is 0 Å². The SMILES string of the molecule is CC(C)C(=O)N[C@@H](C)C(=O)N[C@H]1CN(C)CC12CC2. The summed E-state index contributed by atoms with van der Waals surface area (Å²) in [6.07, 6.45) is 2.41. The van der Waals surface area contributed by atoms with Crippen molar-refractivity contribution in [3.8, 4) is 0 Å². The molecule has 0 aromatic rings. The molecule has 0 unspecified atom stereocenters. The number of nitrogens with one attached hydrogen (secondary N) is 2. The van der Waals surface area contributed by atoms with E-state index < -0.39 is 6.04 Å². The molecule has 1 aliphatic heterocycles. The van der Waals surface area contributed by atoms with Crippen molar-refractivity contribution in [2.75, 3.05) is 20.1 Å². The average Bonchev–Trinajstić information content (AvgIpc) is 3.01. The van der Waals surface area contributed by atoms with Crippen molar-refractivity contribution in [2.24, 2.45) is 11.3 Å². The van der Waals surface area contributed by atoms with Crippen LogP contribution in [-0.4, -0.2) is 48.9 Å². The minimum atomic E-state index is -0.461. The summed E-state index contributed by atoms with van der Waals surface area (Å²) in [5.41, 5.74) is 0.312. The van der Waals surface area contributed by atoms with Crippen molar-refractivity contribution in [3.05, 3.63) is 0 Å². The average molecular weight is 267 g/mol. The topological polar surface area (TPSA) is 61.4 Å². The lowest BCUT2D eigenvalue weighted by molar-refractivity contribution is -0.130. The second-order valence-corrected chi connectivity index (χ2v) is 6.51. The van der Waals surface area contributed by atoms with Crippen molar-refractivity contribution in [1.29, 1.82) is 0 Å². The highest BCUT2D eigenvalue weighted by atomic mass is 16.2. The molecule has 1 saturated heterocycles. The molecule has 0 aromatic heterocycles. The maximum absolute atomic E-state index is 12.1. The van der Waals surface area contributed by atoms with Crippen LogP contribution in [0, 0.1) is 11.3 Å². The lowest BCUT2D eigenvalue weighted by Gasteiger charge is -2.22. The first-order valence-corrected chi connectivity index (χ1v) is 7.13. The van der Waals surface area contributed by atoms with E-state index >= 15 is 0 Å². The molecule has 2 amide bonds. The van der Waals surface area contributed by atoms with Crippen LogP contribution < -0.4 is 10.6 Å². The summed E-state index contributed by atoms with van der Waals surface area (Å²) in [5, 5.41) is 5.86. The molecule has 19 heavy (non-hydrogen) atoms.